The first kappa shape index (κ1) is 19.7. The molecule has 1 aliphatic heterocycles. The molecule has 3 aromatic heterocycles. The molecule has 4 heterocycles. The summed E-state index contributed by atoms with van der Waals surface area (Å²) in [5.74, 6) is 3.26. The molecule has 2 aliphatic rings. The zero-order chi connectivity index (χ0) is 23.1. The van der Waals surface area contributed by atoms with Crippen molar-refractivity contribution in [3.8, 4) is 16.9 Å². The van der Waals surface area contributed by atoms with Crippen LogP contribution in [0.2, 0.25) is 0 Å². The van der Waals surface area contributed by atoms with Crippen molar-refractivity contribution in [1.29, 1.82) is 0 Å². The van der Waals surface area contributed by atoms with E-state index in [1.807, 2.05) is 49.2 Å². The fraction of sp³-hybridized carbons (Fsp3) is 0.296. The molecule has 7 heteroatoms. The lowest BCUT2D eigenvalue weighted by Crippen LogP contribution is -2.24. The Labute approximate surface area is 196 Å². The van der Waals surface area contributed by atoms with Gasteiger partial charge in [0.2, 0.25) is 0 Å². The molecule has 0 radical (unpaired) electrons. The van der Waals surface area contributed by atoms with E-state index in [9.17, 15) is 4.39 Å². The number of nitrogens with zero attached hydrogens (tertiary/aromatic N) is 6. The van der Waals surface area contributed by atoms with E-state index in [0.717, 1.165) is 81.0 Å². The highest BCUT2D eigenvalue weighted by molar-refractivity contribution is 6.03. The number of pyridine rings is 1. The van der Waals surface area contributed by atoms with E-state index in [4.69, 9.17) is 10.1 Å². The Morgan fingerprint density at radius 2 is 1.82 bits per heavy atom. The van der Waals surface area contributed by atoms with Gasteiger partial charge in [-0.15, -0.1) is 0 Å². The maximum Gasteiger partial charge on any atom is 0.128 e. The Morgan fingerprint density at radius 3 is 2.59 bits per heavy atom. The molecule has 0 spiro atoms. The van der Waals surface area contributed by atoms with Crippen molar-refractivity contribution in [3.05, 3.63) is 66.2 Å². The summed E-state index contributed by atoms with van der Waals surface area (Å²) in [6.45, 7) is 6.47. The Morgan fingerprint density at radius 1 is 1.00 bits per heavy atom. The largest absolute Gasteiger partial charge is 0.356 e. The average molecular weight is 453 g/mol. The van der Waals surface area contributed by atoms with E-state index in [2.05, 4.69) is 29.1 Å². The monoisotopic (exact) mass is 452 g/mol. The number of hydrogen-bond donors (Lipinski definition) is 0. The van der Waals surface area contributed by atoms with Gasteiger partial charge in [0.05, 0.1) is 22.9 Å². The molecule has 0 bridgehead atoms. The summed E-state index contributed by atoms with van der Waals surface area (Å²) in [7, 11) is 1.90. The summed E-state index contributed by atoms with van der Waals surface area (Å²) in [4.78, 5) is 7.17. The van der Waals surface area contributed by atoms with Crippen molar-refractivity contribution in [2.45, 2.75) is 13.8 Å². The Balaban J connectivity index is 1.37. The molecule has 34 heavy (non-hydrogen) atoms. The van der Waals surface area contributed by atoms with Crippen LogP contribution in [0.1, 0.15) is 12.5 Å². The third-order valence-corrected chi connectivity index (χ3v) is 7.77. The van der Waals surface area contributed by atoms with Crippen LogP contribution in [-0.4, -0.2) is 37.6 Å². The van der Waals surface area contributed by atoms with Gasteiger partial charge < -0.3 is 4.90 Å². The lowest BCUT2D eigenvalue weighted by Gasteiger charge is -2.20. The van der Waals surface area contributed by atoms with Crippen LogP contribution in [0.5, 0.6) is 0 Å². The highest BCUT2D eigenvalue weighted by atomic mass is 19.1. The Hall–Kier alpha value is -3.74. The zero-order valence-corrected chi connectivity index (χ0v) is 19.4. The second kappa shape index (κ2) is 6.88. The topological polar surface area (TPSA) is 51.8 Å². The molecule has 7 rings (SSSR count). The molecule has 2 fully saturated rings. The summed E-state index contributed by atoms with van der Waals surface area (Å²) >= 11 is 0. The molecule has 1 aliphatic carbocycles. The van der Waals surface area contributed by atoms with E-state index in [0.29, 0.717) is 0 Å². The second-order valence-electron chi connectivity index (χ2n) is 9.89. The third kappa shape index (κ3) is 2.82. The number of rotatable bonds is 3. The first-order valence-electron chi connectivity index (χ1n) is 11.8. The number of aryl methyl sites for hydroxylation is 2. The molecule has 3 atom stereocenters. The predicted octanol–water partition coefficient (Wildman–Crippen LogP) is 5.12. The van der Waals surface area contributed by atoms with Crippen LogP contribution in [0.25, 0.3) is 38.8 Å². The van der Waals surface area contributed by atoms with Crippen LogP contribution in [0.15, 0.2) is 54.9 Å². The maximum absolute atomic E-state index is 14.5. The van der Waals surface area contributed by atoms with Gasteiger partial charge in [-0.3, -0.25) is 4.68 Å². The number of hydrogen-bond acceptors (Lipinski definition) is 4. The summed E-state index contributed by atoms with van der Waals surface area (Å²) in [5.41, 5.74) is 5.17. The van der Waals surface area contributed by atoms with Gasteiger partial charge in [-0.25, -0.2) is 14.1 Å². The van der Waals surface area contributed by atoms with Gasteiger partial charge in [0.15, 0.2) is 0 Å². The van der Waals surface area contributed by atoms with Crippen molar-refractivity contribution in [2.24, 2.45) is 24.8 Å². The molecule has 1 saturated carbocycles. The molecule has 1 saturated heterocycles. The lowest BCUT2D eigenvalue weighted by molar-refractivity contribution is 0.628. The van der Waals surface area contributed by atoms with Crippen molar-refractivity contribution in [3.63, 3.8) is 0 Å². The zero-order valence-electron chi connectivity index (χ0n) is 19.4. The highest BCUT2D eigenvalue weighted by Gasteiger charge is 2.52. The molecule has 5 aromatic rings. The van der Waals surface area contributed by atoms with Crippen molar-refractivity contribution < 1.29 is 4.39 Å². The fourth-order valence-electron chi connectivity index (χ4n) is 5.86. The third-order valence-electron chi connectivity index (χ3n) is 7.77. The van der Waals surface area contributed by atoms with Crippen LogP contribution >= 0.6 is 0 Å². The molecule has 170 valence electrons. The van der Waals surface area contributed by atoms with Crippen LogP contribution in [0, 0.1) is 30.5 Å². The first-order chi connectivity index (χ1) is 16.5. The number of halogens is 1. The number of fused-ring (bicyclic) bond motifs is 3. The van der Waals surface area contributed by atoms with Crippen molar-refractivity contribution in [1.82, 2.24) is 24.5 Å². The van der Waals surface area contributed by atoms with Crippen LogP contribution in [-0.2, 0) is 7.05 Å². The molecule has 2 unspecified atom stereocenters. The number of benzene rings is 2. The van der Waals surface area contributed by atoms with E-state index in [1.165, 1.54) is 0 Å². The molecular formula is C27H25FN6. The van der Waals surface area contributed by atoms with Crippen LogP contribution in [0.3, 0.4) is 0 Å². The van der Waals surface area contributed by atoms with E-state index in [1.54, 1.807) is 16.8 Å². The van der Waals surface area contributed by atoms with Gasteiger partial charge in [-0.05, 0) is 60.6 Å². The van der Waals surface area contributed by atoms with E-state index >= 15 is 0 Å². The van der Waals surface area contributed by atoms with Crippen LogP contribution < -0.4 is 4.90 Å². The first-order valence-corrected chi connectivity index (χ1v) is 11.8. The van der Waals surface area contributed by atoms with Gasteiger partial charge >= 0.3 is 0 Å². The highest BCUT2D eigenvalue weighted by Crippen LogP contribution is 2.51. The van der Waals surface area contributed by atoms with Crippen molar-refractivity contribution >= 4 is 27.6 Å². The Kier molecular flexibility index (Phi) is 3.99. The minimum atomic E-state index is -0.264. The van der Waals surface area contributed by atoms with Gasteiger partial charge in [0, 0.05) is 42.7 Å². The van der Waals surface area contributed by atoms with Gasteiger partial charge in [-0.1, -0.05) is 19.1 Å². The van der Waals surface area contributed by atoms with E-state index in [-0.39, 0.29) is 5.82 Å². The second-order valence-corrected chi connectivity index (χ2v) is 9.89. The van der Waals surface area contributed by atoms with E-state index < -0.39 is 0 Å². The quantitative estimate of drug-likeness (QED) is 0.381. The number of aromatic nitrogens is 5. The lowest BCUT2D eigenvalue weighted by atomic mass is 10.0. The van der Waals surface area contributed by atoms with Gasteiger partial charge in [-0.2, -0.15) is 10.2 Å². The summed E-state index contributed by atoms with van der Waals surface area (Å²) < 4.78 is 18.2. The standard InChI is InChI=1S/C27H25FN6/c1-15-9-17(28)10-20-26(19-5-4-6-24-23(19)12-32(3)30-24)31-34(27(15)20)18-7-8-25(29-11-18)33-13-21-16(2)22(21)14-33/h4-12,16,21-22H,13-14H2,1-3H3/t16?,21-,22?/m1/s1. The minimum absolute atomic E-state index is 0.264. The molecule has 0 amide bonds. The van der Waals surface area contributed by atoms with Crippen LogP contribution in [0.4, 0.5) is 10.2 Å². The molecular weight excluding hydrogens is 427 g/mol. The smallest absolute Gasteiger partial charge is 0.128 e. The predicted molar refractivity (Wildman–Crippen MR) is 132 cm³/mol. The Bertz CT molecular complexity index is 1570. The maximum atomic E-state index is 14.5. The molecule has 2 aromatic carbocycles. The normalized spacial score (nSPS) is 21.5. The minimum Gasteiger partial charge on any atom is -0.356 e. The summed E-state index contributed by atoms with van der Waals surface area (Å²) in [6, 6.07) is 13.3. The summed E-state index contributed by atoms with van der Waals surface area (Å²) in [5, 5.41) is 11.3. The van der Waals surface area contributed by atoms with Gasteiger partial charge in [0.1, 0.15) is 17.3 Å². The number of piperidine rings is 1. The molecule has 0 N–H and O–H groups in total. The SMILES string of the molecule is Cc1cc(F)cc2c(-c3cccc4nn(C)cc34)nn(-c3ccc(N4CC5C(C)[C@H]5C4)nc3)c12. The summed E-state index contributed by atoms with van der Waals surface area (Å²) in [6.07, 6.45) is 3.87. The average Bonchev–Trinajstić information content (AvgIpc) is 3.25. The molecule has 6 nitrogen and oxygen atoms in total. The number of anilines is 1. The fourth-order valence-corrected chi connectivity index (χ4v) is 5.86. The van der Waals surface area contributed by atoms with Crippen molar-refractivity contribution in [2.75, 3.05) is 18.0 Å². The van der Waals surface area contributed by atoms with Gasteiger partial charge in [0.25, 0.3) is 0 Å².